The number of alkyl halides is 1. The summed E-state index contributed by atoms with van der Waals surface area (Å²) in [4.78, 5) is 46.0. The third kappa shape index (κ3) is 5.75. The summed E-state index contributed by atoms with van der Waals surface area (Å²) < 4.78 is 47.4. The Balaban J connectivity index is 1.38. The molecule has 2 unspecified atom stereocenters. The van der Waals surface area contributed by atoms with Gasteiger partial charge in [-0.2, -0.15) is 4.98 Å². The molecule has 0 aromatic carbocycles. The molecular weight excluding hydrogens is 655 g/mol. The molecule has 2 aliphatic rings. The van der Waals surface area contributed by atoms with Gasteiger partial charge in [-0.1, -0.05) is 12.2 Å². The largest absolute Gasteiger partial charge is 0.369 e. The summed E-state index contributed by atoms with van der Waals surface area (Å²) in [6, 6.07) is 1.54. The van der Waals surface area contributed by atoms with E-state index in [1.54, 1.807) is 10.6 Å². The fourth-order valence-corrected chi connectivity index (χ4v) is 7.42. The van der Waals surface area contributed by atoms with Gasteiger partial charge >= 0.3 is 6.72 Å². The van der Waals surface area contributed by atoms with Gasteiger partial charge in [0, 0.05) is 12.7 Å². The van der Waals surface area contributed by atoms with Crippen LogP contribution in [0, 0.1) is 6.57 Å². The molecule has 1 saturated heterocycles. The number of nitrogens with two attached hydrogens (primary N) is 1. The number of nitrogen functional groups attached to an aromatic ring is 1. The number of hydrogen-bond acceptors (Lipinski definition) is 13. The number of pyridine rings is 1. The van der Waals surface area contributed by atoms with Crippen molar-refractivity contribution < 1.29 is 32.1 Å². The van der Waals surface area contributed by atoms with E-state index < -0.39 is 49.2 Å². The molecule has 0 spiro atoms. The normalized spacial score (nSPS) is 30.9. The number of fused-ring (bicyclic) bond motifs is 6. The zero-order valence-corrected chi connectivity index (χ0v) is 25.3. The second kappa shape index (κ2) is 11.3. The molecule has 4 N–H and O–H groups in total. The lowest BCUT2D eigenvalue weighted by molar-refractivity contribution is -0.0445. The highest BCUT2D eigenvalue weighted by atomic mass is 32.9. The molecular formula is C20H20FN9O7P2S3. The van der Waals surface area contributed by atoms with Gasteiger partial charge in [-0.05, 0) is 29.7 Å². The van der Waals surface area contributed by atoms with Crippen LogP contribution in [0.1, 0.15) is 12.1 Å². The number of nitrogens with one attached hydrogen (secondary N) is 1. The Bertz CT molecular complexity index is 1900. The van der Waals surface area contributed by atoms with E-state index in [0.717, 1.165) is 0 Å². The third-order valence-corrected chi connectivity index (χ3v) is 10.2. The van der Waals surface area contributed by atoms with Crippen molar-refractivity contribution in [2.75, 3.05) is 18.9 Å². The van der Waals surface area contributed by atoms with E-state index in [4.69, 9.17) is 58.8 Å². The Kier molecular flexibility index (Phi) is 7.96. The lowest BCUT2D eigenvalue weighted by Crippen LogP contribution is -2.32. The van der Waals surface area contributed by atoms with Crippen molar-refractivity contribution in [3.05, 3.63) is 46.2 Å². The molecule has 2 bridgehead atoms. The molecule has 16 nitrogen and oxygen atoms in total. The number of ether oxygens (including phenoxy) is 1. The van der Waals surface area contributed by atoms with E-state index in [2.05, 4.69) is 42.0 Å². The maximum atomic E-state index is 15.9. The van der Waals surface area contributed by atoms with Crippen molar-refractivity contribution in [3.63, 3.8) is 0 Å². The summed E-state index contributed by atoms with van der Waals surface area (Å²) in [7, 11) is 0. The standard InChI is InChI=1S/C20H20FN9O7P2S3/c1-23-9-4-10-16(24-5-9)29-2-3-33-39(41,42)35-6-11-13(21)15(37-38(32,40)34-7-12(29)26-10)19(36-11)30-8-25-14-17(30)27-20(22)28-18(14)31/h4-5,8,11,13,15,19H,2-3,6-7H2,(H,32,40)(H,41,42)(H3,22,27,28,31)/t11-,13-,15-,19-,38?/m1/s1. The van der Waals surface area contributed by atoms with Crippen molar-refractivity contribution in [2.24, 2.45) is 0 Å². The molecule has 1 fully saturated rings. The molecule has 4 aromatic rings. The first-order chi connectivity index (χ1) is 19.9. The first-order valence-corrected chi connectivity index (χ1v) is 18.3. The van der Waals surface area contributed by atoms with E-state index in [1.807, 2.05) is 0 Å². The summed E-state index contributed by atoms with van der Waals surface area (Å²) in [5.74, 6) is 0.0621. The molecule has 4 aromatic heterocycles. The van der Waals surface area contributed by atoms with Crippen molar-refractivity contribution in [2.45, 2.75) is 37.8 Å². The first-order valence-electron chi connectivity index (χ1n) is 12.0. The quantitative estimate of drug-likeness (QED) is 0.131. The Morgan fingerprint density at radius 1 is 1.26 bits per heavy atom. The minimum absolute atomic E-state index is 0.00770. The smallest absolute Gasteiger partial charge is 0.325 e. The molecule has 6 heterocycles. The van der Waals surface area contributed by atoms with Gasteiger partial charge in [-0.3, -0.25) is 18.9 Å². The molecule has 0 saturated carbocycles. The molecule has 0 radical (unpaired) electrons. The van der Waals surface area contributed by atoms with Crippen molar-refractivity contribution in [1.29, 1.82) is 0 Å². The van der Waals surface area contributed by atoms with Gasteiger partial charge in [-0.15, -0.1) is 0 Å². The number of aromatic nitrogens is 7. The molecule has 0 aliphatic carbocycles. The van der Waals surface area contributed by atoms with Crippen LogP contribution in [-0.4, -0.2) is 70.5 Å². The van der Waals surface area contributed by atoms with Crippen molar-refractivity contribution in [3.8, 4) is 0 Å². The number of rotatable bonds is 1. The first kappa shape index (κ1) is 29.7. The predicted octanol–water partition coefficient (Wildman–Crippen LogP) is 2.25. The number of anilines is 1. The summed E-state index contributed by atoms with van der Waals surface area (Å²) in [5, 5.41) is 0. The number of H-pyrrole nitrogens is 1. The Morgan fingerprint density at radius 2 is 2.07 bits per heavy atom. The summed E-state index contributed by atoms with van der Waals surface area (Å²) in [5.41, 5.74) is 2.86. The minimum Gasteiger partial charge on any atom is -0.369 e. The average molecular weight is 676 g/mol. The molecule has 2 aliphatic heterocycles. The number of aromatic amines is 1. The summed E-state index contributed by atoms with van der Waals surface area (Å²) >= 11 is 15.0. The van der Waals surface area contributed by atoms with Crippen LogP contribution in [0.2, 0.25) is 0 Å². The zero-order valence-electron chi connectivity index (χ0n) is 21.0. The number of thiol groups is 1. The molecule has 42 heavy (non-hydrogen) atoms. The van der Waals surface area contributed by atoms with Gasteiger partial charge in [0.1, 0.15) is 24.6 Å². The van der Waals surface area contributed by atoms with E-state index >= 15 is 4.39 Å². The highest BCUT2D eigenvalue weighted by Gasteiger charge is 2.50. The SMILES string of the molecule is [C-]#[N+]c1cnc2c(c1)nc1n2CCOP(=S)(S)OC[C@H]2O[C@@H](n3cnc4c(=O)[nH]c(N)nc43)[C@H](OP(O)(=S)OC1)[C@@H]2F. The second-order valence-electron chi connectivity index (χ2n) is 9.02. The van der Waals surface area contributed by atoms with Gasteiger partial charge < -0.3 is 33.5 Å². The van der Waals surface area contributed by atoms with Gasteiger partial charge in [0.2, 0.25) is 17.3 Å². The maximum absolute atomic E-state index is 15.9. The number of hydrogen-bond donors (Lipinski definition) is 4. The minimum atomic E-state index is -4.17. The van der Waals surface area contributed by atoms with Crippen LogP contribution < -0.4 is 11.3 Å². The molecule has 22 heteroatoms. The summed E-state index contributed by atoms with van der Waals surface area (Å²) in [6.07, 6.45) is -3.53. The fourth-order valence-electron chi connectivity index (χ4n) is 4.52. The Hall–Kier alpha value is -2.40. The Labute approximate surface area is 250 Å². The van der Waals surface area contributed by atoms with Crippen molar-refractivity contribution >= 4 is 82.2 Å². The number of halogens is 1. The fraction of sp³-hybridized carbons (Fsp3) is 0.400. The third-order valence-electron chi connectivity index (χ3n) is 6.35. The van der Waals surface area contributed by atoms with E-state index in [1.165, 1.54) is 17.1 Å². The monoisotopic (exact) mass is 675 g/mol. The van der Waals surface area contributed by atoms with Crippen LogP contribution in [0.15, 0.2) is 23.4 Å². The van der Waals surface area contributed by atoms with Crippen LogP contribution in [0.4, 0.5) is 16.0 Å². The van der Waals surface area contributed by atoms with Crippen LogP contribution in [0.3, 0.4) is 0 Å². The lowest BCUT2D eigenvalue weighted by Gasteiger charge is -2.25. The highest BCUT2D eigenvalue weighted by molar-refractivity contribution is 8.60. The van der Waals surface area contributed by atoms with Gasteiger partial charge in [-0.25, -0.2) is 24.2 Å². The highest BCUT2D eigenvalue weighted by Crippen LogP contribution is 2.55. The van der Waals surface area contributed by atoms with Gasteiger partial charge in [0.15, 0.2) is 29.2 Å². The van der Waals surface area contributed by atoms with Crippen LogP contribution >= 0.6 is 24.7 Å². The molecule has 222 valence electrons. The molecule has 0 amide bonds. The van der Waals surface area contributed by atoms with Crippen molar-refractivity contribution in [1.82, 2.24) is 34.1 Å². The number of imidazole rings is 2. The zero-order chi connectivity index (χ0) is 29.8. The van der Waals surface area contributed by atoms with Gasteiger partial charge in [0.25, 0.3) is 5.56 Å². The van der Waals surface area contributed by atoms with Crippen LogP contribution in [-0.2, 0) is 59.6 Å². The average Bonchev–Trinajstić information content (AvgIpc) is 3.59. The predicted molar refractivity (Wildman–Crippen MR) is 156 cm³/mol. The lowest BCUT2D eigenvalue weighted by atomic mass is 10.1. The maximum Gasteiger partial charge on any atom is 0.325 e. The summed E-state index contributed by atoms with van der Waals surface area (Å²) in [6.45, 7) is 2.51. The van der Waals surface area contributed by atoms with Gasteiger partial charge in [0.05, 0.1) is 31.6 Å². The van der Waals surface area contributed by atoms with E-state index in [-0.39, 0.29) is 48.4 Å². The van der Waals surface area contributed by atoms with Crippen LogP contribution in [0.5, 0.6) is 0 Å². The molecule has 6 atom stereocenters. The van der Waals surface area contributed by atoms with Crippen LogP contribution in [0.25, 0.3) is 27.2 Å². The second-order valence-corrected chi connectivity index (χ2v) is 17.1. The topological polar surface area (TPSA) is 191 Å². The molecule has 6 rings (SSSR count). The Morgan fingerprint density at radius 3 is 2.86 bits per heavy atom. The van der Waals surface area contributed by atoms with E-state index in [0.29, 0.717) is 11.2 Å². The van der Waals surface area contributed by atoms with E-state index in [9.17, 15) is 9.69 Å². The number of nitrogens with zero attached hydrogens (tertiary/aromatic N) is 7.